The third-order valence-electron chi connectivity index (χ3n) is 4.58. The summed E-state index contributed by atoms with van der Waals surface area (Å²) in [5, 5.41) is 14.3. The first-order chi connectivity index (χ1) is 14.7. The van der Waals surface area contributed by atoms with E-state index in [4.69, 9.17) is 0 Å². The van der Waals surface area contributed by atoms with Crippen LogP contribution in [0.15, 0.2) is 91.0 Å². The number of nitriles is 1. The number of hydrogen-bond acceptors (Lipinski definition) is 3. The van der Waals surface area contributed by atoms with Crippen molar-refractivity contribution < 1.29 is 9.18 Å². The van der Waals surface area contributed by atoms with Crippen LogP contribution in [-0.2, 0) is 0 Å². The molecule has 1 heterocycles. The van der Waals surface area contributed by atoms with Crippen molar-refractivity contribution in [2.24, 2.45) is 0 Å². The lowest BCUT2D eigenvalue weighted by Gasteiger charge is -2.08. The maximum Gasteiger partial charge on any atom is 0.207 e. The van der Waals surface area contributed by atoms with E-state index in [0.717, 1.165) is 11.1 Å². The Hall–Kier alpha value is -4.30. The fourth-order valence-corrected chi connectivity index (χ4v) is 3.14. The molecular formula is C25H16FN3O. The number of allylic oxidation sites excluding steroid dienone is 1. The molecule has 4 nitrogen and oxygen atoms in total. The van der Waals surface area contributed by atoms with Gasteiger partial charge in [-0.1, -0.05) is 66.7 Å². The van der Waals surface area contributed by atoms with E-state index >= 15 is 0 Å². The zero-order valence-electron chi connectivity index (χ0n) is 15.9. The van der Waals surface area contributed by atoms with Crippen LogP contribution in [0, 0.1) is 17.1 Å². The van der Waals surface area contributed by atoms with Gasteiger partial charge >= 0.3 is 0 Å². The van der Waals surface area contributed by atoms with Gasteiger partial charge in [-0.05, 0) is 35.9 Å². The maximum atomic E-state index is 13.4. The first-order valence-corrected chi connectivity index (χ1v) is 9.29. The summed E-state index contributed by atoms with van der Waals surface area (Å²) in [5.74, 6) is -0.761. The molecule has 0 aliphatic carbocycles. The molecule has 0 saturated carbocycles. The van der Waals surface area contributed by atoms with E-state index in [1.807, 2.05) is 60.7 Å². The summed E-state index contributed by atoms with van der Waals surface area (Å²) in [5.41, 5.74) is 2.86. The predicted molar refractivity (Wildman–Crippen MR) is 113 cm³/mol. The highest BCUT2D eigenvalue weighted by Gasteiger charge is 2.23. The lowest BCUT2D eigenvalue weighted by Crippen LogP contribution is -2.02. The number of rotatable bonds is 5. The number of carbonyl (C=O) groups is 1. The summed E-state index contributed by atoms with van der Waals surface area (Å²) in [6, 6.07) is 26.5. The first-order valence-electron chi connectivity index (χ1n) is 9.29. The number of hydrogen-bond donors (Lipinski definition) is 0. The molecule has 0 aliphatic rings. The van der Waals surface area contributed by atoms with Gasteiger partial charge in [-0.2, -0.15) is 10.4 Å². The van der Waals surface area contributed by atoms with Crippen LogP contribution in [0.1, 0.15) is 21.6 Å². The van der Waals surface area contributed by atoms with Crippen molar-refractivity contribution >= 4 is 11.9 Å². The molecule has 1 aromatic heterocycles. The average molecular weight is 393 g/mol. The van der Waals surface area contributed by atoms with Gasteiger partial charge in [-0.25, -0.2) is 9.07 Å². The molecule has 0 unspecified atom stereocenters. The number of ketones is 1. The van der Waals surface area contributed by atoms with Crippen molar-refractivity contribution in [2.75, 3.05) is 0 Å². The predicted octanol–water partition coefficient (Wildman–Crippen LogP) is 5.45. The second-order valence-electron chi connectivity index (χ2n) is 6.55. The van der Waals surface area contributed by atoms with Crippen LogP contribution < -0.4 is 0 Å². The summed E-state index contributed by atoms with van der Waals surface area (Å²) < 4.78 is 14.9. The zero-order chi connectivity index (χ0) is 20.9. The summed E-state index contributed by atoms with van der Waals surface area (Å²) in [4.78, 5) is 12.9. The molecule has 144 valence electrons. The molecule has 0 saturated heterocycles. The Morgan fingerprint density at radius 3 is 2.20 bits per heavy atom. The van der Waals surface area contributed by atoms with E-state index in [9.17, 15) is 14.4 Å². The molecule has 3 aromatic carbocycles. The molecule has 0 bridgehead atoms. The fraction of sp³-hybridized carbons (Fsp3) is 0. The van der Waals surface area contributed by atoms with Crippen molar-refractivity contribution in [3.63, 3.8) is 0 Å². The molecule has 4 aromatic rings. The van der Waals surface area contributed by atoms with E-state index in [-0.39, 0.29) is 22.9 Å². The second-order valence-corrected chi connectivity index (χ2v) is 6.55. The topological polar surface area (TPSA) is 58.7 Å². The number of halogens is 1. The molecule has 0 atom stereocenters. The first kappa shape index (κ1) is 19.0. The zero-order valence-corrected chi connectivity index (χ0v) is 15.9. The van der Waals surface area contributed by atoms with Crippen molar-refractivity contribution in [1.82, 2.24) is 9.78 Å². The standard InChI is InChI=1S/C25H16FN3O/c26-20-12-14-21(15-13-20)29-25(19-9-5-2-6-10-19)22(17-27)24(28-29)23(30)16-11-18-7-3-1-4-8-18/h1-16H/b16-11+. The molecule has 5 heteroatoms. The second kappa shape index (κ2) is 8.38. The third-order valence-corrected chi connectivity index (χ3v) is 4.58. The highest BCUT2D eigenvalue weighted by atomic mass is 19.1. The van der Waals surface area contributed by atoms with E-state index in [0.29, 0.717) is 11.4 Å². The Kier molecular flexibility index (Phi) is 5.31. The Morgan fingerprint density at radius 2 is 1.57 bits per heavy atom. The third kappa shape index (κ3) is 3.80. The Balaban J connectivity index is 1.86. The minimum atomic E-state index is -0.381. The Bertz CT molecular complexity index is 1250. The maximum absolute atomic E-state index is 13.4. The number of aromatic nitrogens is 2. The van der Waals surface area contributed by atoms with Gasteiger partial charge in [0.25, 0.3) is 0 Å². The summed E-state index contributed by atoms with van der Waals surface area (Å²) in [6.07, 6.45) is 3.09. The molecule has 30 heavy (non-hydrogen) atoms. The SMILES string of the molecule is N#Cc1c(C(=O)/C=C/c2ccccc2)nn(-c2ccc(F)cc2)c1-c1ccccc1. The lowest BCUT2D eigenvalue weighted by molar-refractivity contribution is 0.104. The van der Waals surface area contributed by atoms with Crippen molar-refractivity contribution in [1.29, 1.82) is 5.26 Å². The number of benzene rings is 3. The minimum Gasteiger partial charge on any atom is -0.287 e. The molecule has 0 aliphatic heterocycles. The van der Waals surface area contributed by atoms with Crippen LogP contribution >= 0.6 is 0 Å². The molecule has 0 fully saturated rings. The normalized spacial score (nSPS) is 10.8. The highest BCUT2D eigenvalue weighted by molar-refractivity contribution is 6.08. The van der Waals surface area contributed by atoms with Gasteiger partial charge in [-0.15, -0.1) is 0 Å². The van der Waals surface area contributed by atoms with Crippen molar-refractivity contribution in [3.05, 3.63) is 114 Å². The van der Waals surface area contributed by atoms with Crippen LogP contribution in [-0.4, -0.2) is 15.6 Å². The number of carbonyl (C=O) groups excluding carboxylic acids is 1. The molecule has 0 amide bonds. The summed E-state index contributed by atoms with van der Waals surface area (Å²) >= 11 is 0. The molecule has 0 radical (unpaired) electrons. The van der Waals surface area contributed by atoms with Gasteiger partial charge in [0, 0.05) is 5.56 Å². The van der Waals surface area contributed by atoms with Crippen LogP contribution in [0.4, 0.5) is 4.39 Å². The monoisotopic (exact) mass is 393 g/mol. The van der Waals surface area contributed by atoms with E-state index in [2.05, 4.69) is 11.2 Å². The van der Waals surface area contributed by atoms with Gasteiger partial charge < -0.3 is 0 Å². The summed E-state index contributed by atoms with van der Waals surface area (Å²) in [7, 11) is 0. The van der Waals surface area contributed by atoms with Gasteiger partial charge in [0.05, 0.1) is 11.4 Å². The van der Waals surface area contributed by atoms with Crippen molar-refractivity contribution in [2.45, 2.75) is 0 Å². The van der Waals surface area contributed by atoms with Crippen LogP contribution in [0.5, 0.6) is 0 Å². The summed E-state index contributed by atoms with van der Waals surface area (Å²) in [6.45, 7) is 0. The Morgan fingerprint density at radius 1 is 0.933 bits per heavy atom. The van der Waals surface area contributed by atoms with Gasteiger partial charge in [0.1, 0.15) is 17.4 Å². The smallest absolute Gasteiger partial charge is 0.207 e. The highest BCUT2D eigenvalue weighted by Crippen LogP contribution is 2.29. The lowest BCUT2D eigenvalue weighted by atomic mass is 10.0. The molecule has 4 rings (SSSR count). The van der Waals surface area contributed by atoms with E-state index in [1.54, 1.807) is 18.2 Å². The van der Waals surface area contributed by atoms with Crippen molar-refractivity contribution in [3.8, 4) is 23.0 Å². The Labute approximate surface area is 173 Å². The molecule has 0 N–H and O–H groups in total. The number of nitrogens with zero attached hydrogens (tertiary/aromatic N) is 3. The van der Waals surface area contributed by atoms with E-state index < -0.39 is 0 Å². The van der Waals surface area contributed by atoms with Gasteiger partial charge in [-0.3, -0.25) is 4.79 Å². The quantitative estimate of drug-likeness (QED) is 0.335. The van der Waals surface area contributed by atoms with Crippen LogP contribution in [0.3, 0.4) is 0 Å². The van der Waals surface area contributed by atoms with Crippen LogP contribution in [0.2, 0.25) is 0 Å². The largest absolute Gasteiger partial charge is 0.287 e. The van der Waals surface area contributed by atoms with E-state index in [1.165, 1.54) is 22.9 Å². The minimum absolute atomic E-state index is 0.0489. The van der Waals surface area contributed by atoms with Crippen LogP contribution in [0.25, 0.3) is 23.0 Å². The molecule has 0 spiro atoms. The van der Waals surface area contributed by atoms with Gasteiger partial charge in [0.2, 0.25) is 5.78 Å². The van der Waals surface area contributed by atoms with Gasteiger partial charge in [0.15, 0.2) is 5.69 Å². The average Bonchev–Trinajstić information content (AvgIpc) is 3.19. The fourth-order valence-electron chi connectivity index (χ4n) is 3.14. The molecular weight excluding hydrogens is 377 g/mol.